The lowest BCUT2D eigenvalue weighted by atomic mass is 10.2. The van der Waals surface area contributed by atoms with Crippen molar-refractivity contribution >= 4 is 29.2 Å². The van der Waals surface area contributed by atoms with E-state index in [4.69, 9.17) is 22.5 Å². The van der Waals surface area contributed by atoms with E-state index in [0.717, 1.165) is 11.8 Å². The molecule has 0 aromatic carbocycles. The summed E-state index contributed by atoms with van der Waals surface area (Å²) >= 11 is 7.27. The van der Waals surface area contributed by atoms with Gasteiger partial charge in [0.2, 0.25) is 0 Å². The van der Waals surface area contributed by atoms with Crippen LogP contribution < -0.4 is 11.4 Å². The van der Waals surface area contributed by atoms with Crippen LogP contribution in [0.2, 0.25) is 5.02 Å². The Kier molecular flexibility index (Phi) is 4.30. The zero-order valence-electron chi connectivity index (χ0n) is 10.4. The Bertz CT molecular complexity index is 710. The third-order valence-electron chi connectivity index (χ3n) is 2.47. The first-order chi connectivity index (χ1) is 9.58. The van der Waals surface area contributed by atoms with Gasteiger partial charge in [-0.2, -0.15) is 0 Å². The van der Waals surface area contributed by atoms with E-state index in [1.807, 2.05) is 6.92 Å². The molecule has 106 valence electrons. The van der Waals surface area contributed by atoms with Crippen LogP contribution in [0.5, 0.6) is 0 Å². The molecule has 8 nitrogen and oxygen atoms in total. The predicted molar refractivity (Wildman–Crippen MR) is 74.4 cm³/mol. The van der Waals surface area contributed by atoms with Crippen LogP contribution in [0.4, 0.5) is 0 Å². The molecule has 0 saturated carbocycles. The minimum atomic E-state index is -0.307. The van der Waals surface area contributed by atoms with E-state index >= 15 is 0 Å². The van der Waals surface area contributed by atoms with Gasteiger partial charge in [0.25, 0.3) is 0 Å². The molecule has 0 radical (unpaired) electrons. The highest BCUT2D eigenvalue weighted by molar-refractivity contribution is 7.99. The Morgan fingerprint density at radius 3 is 3.10 bits per heavy atom. The van der Waals surface area contributed by atoms with Crippen molar-refractivity contribution in [2.24, 2.45) is 10.9 Å². The van der Waals surface area contributed by atoms with Gasteiger partial charge in [0.1, 0.15) is 5.03 Å². The summed E-state index contributed by atoms with van der Waals surface area (Å²) in [4.78, 5) is 15.6. The van der Waals surface area contributed by atoms with Crippen molar-refractivity contribution in [1.29, 1.82) is 0 Å². The summed E-state index contributed by atoms with van der Waals surface area (Å²) < 4.78 is 1.44. The van der Waals surface area contributed by atoms with E-state index in [1.165, 1.54) is 16.8 Å². The second-order valence-electron chi connectivity index (χ2n) is 3.62. The van der Waals surface area contributed by atoms with Gasteiger partial charge < -0.3 is 10.9 Å². The Morgan fingerprint density at radius 1 is 1.70 bits per heavy atom. The number of nitrogens with two attached hydrogens (primary N) is 1. The molecular weight excluding hydrogens is 304 g/mol. The molecule has 0 aliphatic heterocycles. The normalized spacial score (nSPS) is 11.8. The van der Waals surface area contributed by atoms with Gasteiger partial charge in [-0.1, -0.05) is 16.8 Å². The van der Waals surface area contributed by atoms with Crippen molar-refractivity contribution < 1.29 is 5.21 Å². The summed E-state index contributed by atoms with van der Waals surface area (Å²) in [5.74, 6) is -0.117. The minimum Gasteiger partial charge on any atom is -0.409 e. The summed E-state index contributed by atoms with van der Waals surface area (Å²) in [5.41, 5.74) is 5.57. The average molecular weight is 315 g/mol. The Morgan fingerprint density at radius 2 is 2.45 bits per heavy atom. The maximum atomic E-state index is 11.5. The number of aromatic nitrogens is 4. The molecule has 10 heteroatoms. The first kappa shape index (κ1) is 14.4. The van der Waals surface area contributed by atoms with Crippen LogP contribution in [0.3, 0.4) is 0 Å². The maximum Gasteiger partial charge on any atom is 0.343 e. The molecular formula is C10H11ClN6O2S. The molecule has 4 N–H and O–H groups in total. The van der Waals surface area contributed by atoms with E-state index in [-0.39, 0.29) is 16.5 Å². The number of amidine groups is 1. The van der Waals surface area contributed by atoms with E-state index in [0.29, 0.717) is 22.3 Å². The smallest absolute Gasteiger partial charge is 0.343 e. The molecule has 2 rings (SSSR count). The molecule has 2 heterocycles. The standard InChI is InChI=1S/C10H11ClN6O2S/c1-2-17-9(18)14-15-10(17)20-8-6(11)5(3-4-13-8)7(12)16-19/h3-4,19H,2H2,1H3,(H2,12,16)(H,14,18). The van der Waals surface area contributed by atoms with Crippen molar-refractivity contribution in [3.63, 3.8) is 0 Å². The first-order valence-electron chi connectivity index (χ1n) is 5.54. The van der Waals surface area contributed by atoms with Gasteiger partial charge in [-0.3, -0.25) is 4.57 Å². The zero-order chi connectivity index (χ0) is 14.7. The van der Waals surface area contributed by atoms with Gasteiger partial charge >= 0.3 is 5.69 Å². The van der Waals surface area contributed by atoms with Crippen molar-refractivity contribution in [2.75, 3.05) is 0 Å². The largest absolute Gasteiger partial charge is 0.409 e. The number of nitrogens with zero attached hydrogens (tertiary/aromatic N) is 4. The highest BCUT2D eigenvalue weighted by Crippen LogP contribution is 2.31. The zero-order valence-corrected chi connectivity index (χ0v) is 11.9. The first-order valence-corrected chi connectivity index (χ1v) is 6.73. The fraction of sp³-hybridized carbons (Fsp3) is 0.200. The van der Waals surface area contributed by atoms with Gasteiger partial charge in [-0.15, -0.1) is 5.10 Å². The van der Waals surface area contributed by atoms with E-state index in [2.05, 4.69) is 20.3 Å². The number of hydrogen-bond donors (Lipinski definition) is 3. The minimum absolute atomic E-state index is 0.117. The highest BCUT2D eigenvalue weighted by atomic mass is 35.5. The summed E-state index contributed by atoms with van der Waals surface area (Å²) in [5, 5.41) is 18.9. The lowest BCUT2D eigenvalue weighted by Gasteiger charge is -2.07. The van der Waals surface area contributed by atoms with Crippen molar-refractivity contribution in [1.82, 2.24) is 19.7 Å². The number of rotatable bonds is 4. The molecule has 20 heavy (non-hydrogen) atoms. The van der Waals surface area contributed by atoms with E-state index < -0.39 is 0 Å². The van der Waals surface area contributed by atoms with Gasteiger partial charge in [-0.25, -0.2) is 14.9 Å². The number of hydrogen-bond acceptors (Lipinski definition) is 6. The number of oxime groups is 1. The van der Waals surface area contributed by atoms with Crippen LogP contribution in [0.1, 0.15) is 12.5 Å². The summed E-state index contributed by atoms with van der Waals surface area (Å²) in [6, 6.07) is 1.53. The number of pyridine rings is 1. The molecule has 0 saturated heterocycles. The van der Waals surface area contributed by atoms with Crippen molar-refractivity contribution in [3.8, 4) is 0 Å². The van der Waals surface area contributed by atoms with Crippen LogP contribution in [-0.2, 0) is 6.54 Å². The van der Waals surface area contributed by atoms with Gasteiger partial charge in [-0.05, 0) is 24.8 Å². The lowest BCUT2D eigenvalue weighted by Crippen LogP contribution is -2.16. The summed E-state index contributed by atoms with van der Waals surface area (Å²) in [6.07, 6.45) is 1.47. The Balaban J connectivity index is 2.42. The van der Waals surface area contributed by atoms with Gasteiger partial charge in [0, 0.05) is 18.3 Å². The third-order valence-corrected chi connectivity index (χ3v) is 3.96. The average Bonchev–Trinajstić information content (AvgIpc) is 2.80. The van der Waals surface area contributed by atoms with Crippen LogP contribution >= 0.6 is 23.4 Å². The lowest BCUT2D eigenvalue weighted by molar-refractivity contribution is 0.318. The number of aromatic amines is 1. The van der Waals surface area contributed by atoms with Crippen molar-refractivity contribution in [3.05, 3.63) is 33.3 Å². The van der Waals surface area contributed by atoms with Crippen molar-refractivity contribution in [2.45, 2.75) is 23.7 Å². The van der Waals surface area contributed by atoms with Crippen LogP contribution in [-0.4, -0.2) is 30.8 Å². The molecule has 0 aliphatic carbocycles. The second kappa shape index (κ2) is 5.97. The maximum absolute atomic E-state index is 11.5. The summed E-state index contributed by atoms with van der Waals surface area (Å²) in [6.45, 7) is 2.29. The van der Waals surface area contributed by atoms with Crippen LogP contribution in [0, 0.1) is 0 Å². The summed E-state index contributed by atoms with van der Waals surface area (Å²) in [7, 11) is 0. The molecule has 0 bridgehead atoms. The van der Waals surface area contributed by atoms with E-state index in [1.54, 1.807) is 0 Å². The van der Waals surface area contributed by atoms with Crippen LogP contribution in [0.15, 0.2) is 32.4 Å². The highest BCUT2D eigenvalue weighted by Gasteiger charge is 2.15. The fourth-order valence-electron chi connectivity index (χ4n) is 1.49. The van der Waals surface area contributed by atoms with Gasteiger partial charge in [0.15, 0.2) is 11.0 Å². The van der Waals surface area contributed by atoms with Gasteiger partial charge in [0.05, 0.1) is 5.02 Å². The molecule has 0 amide bonds. The monoisotopic (exact) mass is 314 g/mol. The predicted octanol–water partition coefficient (Wildman–Crippen LogP) is 0.885. The molecule has 0 spiro atoms. The SMILES string of the molecule is CCn1c(Sc2nccc(/C(N)=N/O)c2Cl)n[nH]c1=O. The Labute approximate surface area is 122 Å². The number of nitrogens with one attached hydrogen (secondary N) is 1. The molecule has 0 aliphatic rings. The fourth-order valence-corrected chi connectivity index (χ4v) is 2.72. The van der Waals surface area contributed by atoms with E-state index in [9.17, 15) is 4.79 Å². The molecule has 0 atom stereocenters. The third kappa shape index (κ3) is 2.63. The Hall–Kier alpha value is -2.00. The quantitative estimate of drug-likeness (QED) is 0.333. The number of H-pyrrole nitrogens is 1. The molecule has 0 unspecified atom stereocenters. The molecule has 0 fully saturated rings. The molecule has 2 aromatic rings. The van der Waals surface area contributed by atoms with Crippen LogP contribution in [0.25, 0.3) is 0 Å². The topological polar surface area (TPSA) is 122 Å². The number of halogens is 1. The molecule has 2 aromatic heterocycles. The second-order valence-corrected chi connectivity index (χ2v) is 4.95.